The summed E-state index contributed by atoms with van der Waals surface area (Å²) in [5.74, 6) is -0.532. The first-order valence-corrected chi connectivity index (χ1v) is 6.16. The van der Waals surface area contributed by atoms with Crippen LogP contribution in [0.15, 0.2) is 35.7 Å². The molecule has 2 amide bonds. The fourth-order valence-electron chi connectivity index (χ4n) is 1.78. The van der Waals surface area contributed by atoms with Gasteiger partial charge in [0.05, 0.1) is 11.3 Å². The van der Waals surface area contributed by atoms with E-state index >= 15 is 0 Å². The van der Waals surface area contributed by atoms with Gasteiger partial charge in [0.15, 0.2) is 0 Å². The van der Waals surface area contributed by atoms with Crippen LogP contribution in [0.4, 0.5) is 5.69 Å². The molecular weight excluding hydrogens is 258 g/mol. The largest absolute Gasteiger partial charge is 0.276 e. The molecule has 0 unspecified atom stereocenters. The van der Waals surface area contributed by atoms with Crippen LogP contribution in [0, 0.1) is 0 Å². The van der Waals surface area contributed by atoms with Crippen LogP contribution in [0.1, 0.15) is 20.0 Å². The Morgan fingerprint density at radius 2 is 1.71 bits per heavy atom. The Kier molecular flexibility index (Phi) is 2.28. The molecule has 0 N–H and O–H groups in total. The smallest absolute Gasteiger partial charge is 0.268 e. The highest BCUT2D eigenvalue weighted by atomic mass is 35.5. The SMILES string of the molecule is O=C1c2ccsc2C(=O)N1c1ccc(Cl)cc1. The highest BCUT2D eigenvalue weighted by Crippen LogP contribution is 2.31. The molecule has 0 bridgehead atoms. The zero-order valence-corrected chi connectivity index (χ0v) is 10.1. The van der Waals surface area contributed by atoms with Crippen molar-refractivity contribution in [2.75, 3.05) is 4.90 Å². The van der Waals surface area contributed by atoms with Crippen molar-refractivity contribution in [1.82, 2.24) is 0 Å². The molecule has 1 aromatic heterocycles. The number of hydrogen-bond donors (Lipinski definition) is 0. The van der Waals surface area contributed by atoms with Crippen molar-refractivity contribution < 1.29 is 9.59 Å². The maximum absolute atomic E-state index is 12.0. The van der Waals surface area contributed by atoms with Crippen LogP contribution in [0.2, 0.25) is 5.02 Å². The van der Waals surface area contributed by atoms with Crippen molar-refractivity contribution in [3.63, 3.8) is 0 Å². The van der Waals surface area contributed by atoms with Gasteiger partial charge < -0.3 is 0 Å². The predicted octanol–water partition coefficient (Wildman–Crippen LogP) is 3.20. The summed E-state index contributed by atoms with van der Waals surface area (Å²) in [5, 5.41) is 2.32. The minimum absolute atomic E-state index is 0.262. The zero-order valence-electron chi connectivity index (χ0n) is 8.51. The van der Waals surface area contributed by atoms with E-state index in [0.29, 0.717) is 21.2 Å². The molecule has 2 aromatic rings. The van der Waals surface area contributed by atoms with E-state index in [4.69, 9.17) is 11.6 Å². The first-order valence-electron chi connectivity index (χ1n) is 4.90. The average Bonchev–Trinajstić information content (AvgIpc) is 2.87. The van der Waals surface area contributed by atoms with Gasteiger partial charge in [0.1, 0.15) is 4.88 Å². The molecule has 0 fully saturated rings. The van der Waals surface area contributed by atoms with Gasteiger partial charge in [-0.3, -0.25) is 9.59 Å². The van der Waals surface area contributed by atoms with Gasteiger partial charge in [-0.1, -0.05) is 11.6 Å². The number of anilines is 1. The van der Waals surface area contributed by atoms with Gasteiger partial charge in [-0.25, -0.2) is 4.90 Å². The number of amides is 2. The summed E-state index contributed by atoms with van der Waals surface area (Å²) in [7, 11) is 0. The minimum Gasteiger partial charge on any atom is -0.268 e. The van der Waals surface area contributed by atoms with Crippen LogP contribution in [0.3, 0.4) is 0 Å². The van der Waals surface area contributed by atoms with Gasteiger partial charge in [-0.05, 0) is 35.7 Å². The van der Waals surface area contributed by atoms with Crippen molar-refractivity contribution in [3.05, 3.63) is 51.2 Å². The van der Waals surface area contributed by atoms with Crippen molar-refractivity contribution in [3.8, 4) is 0 Å². The molecule has 1 aromatic carbocycles. The Bertz CT molecular complexity index is 587. The third kappa shape index (κ3) is 1.49. The van der Waals surface area contributed by atoms with Gasteiger partial charge in [0, 0.05) is 5.02 Å². The monoisotopic (exact) mass is 263 g/mol. The van der Waals surface area contributed by atoms with Gasteiger partial charge in [0.2, 0.25) is 0 Å². The number of thiophene rings is 1. The Hall–Kier alpha value is -1.65. The lowest BCUT2D eigenvalue weighted by Crippen LogP contribution is -2.29. The van der Waals surface area contributed by atoms with E-state index < -0.39 is 0 Å². The van der Waals surface area contributed by atoms with E-state index in [1.165, 1.54) is 16.2 Å². The van der Waals surface area contributed by atoms with E-state index in [1.807, 2.05) is 0 Å². The third-order valence-electron chi connectivity index (χ3n) is 2.58. The molecule has 3 nitrogen and oxygen atoms in total. The lowest BCUT2D eigenvalue weighted by Gasteiger charge is -2.13. The molecule has 5 heteroatoms. The highest BCUT2D eigenvalue weighted by molar-refractivity contribution is 7.13. The minimum atomic E-state index is -0.270. The van der Waals surface area contributed by atoms with Crippen LogP contribution in [-0.4, -0.2) is 11.8 Å². The molecule has 84 valence electrons. The van der Waals surface area contributed by atoms with Gasteiger partial charge in [-0.2, -0.15) is 0 Å². The molecule has 0 saturated carbocycles. The molecule has 0 radical (unpaired) electrons. The van der Waals surface area contributed by atoms with E-state index in [1.54, 1.807) is 35.7 Å². The van der Waals surface area contributed by atoms with Crippen LogP contribution in [0.5, 0.6) is 0 Å². The third-order valence-corrected chi connectivity index (χ3v) is 3.74. The summed E-state index contributed by atoms with van der Waals surface area (Å²) in [6.45, 7) is 0. The van der Waals surface area contributed by atoms with Crippen molar-refractivity contribution in [2.24, 2.45) is 0 Å². The van der Waals surface area contributed by atoms with Crippen molar-refractivity contribution in [1.29, 1.82) is 0 Å². The number of imide groups is 1. The van der Waals surface area contributed by atoms with Crippen LogP contribution >= 0.6 is 22.9 Å². The zero-order chi connectivity index (χ0) is 12.0. The Labute approximate surface area is 106 Å². The number of nitrogens with zero attached hydrogens (tertiary/aromatic N) is 1. The van der Waals surface area contributed by atoms with E-state index in [2.05, 4.69) is 0 Å². The van der Waals surface area contributed by atoms with Crippen molar-refractivity contribution >= 4 is 40.4 Å². The lowest BCUT2D eigenvalue weighted by molar-refractivity contribution is 0.0927. The number of rotatable bonds is 1. The molecule has 1 aliphatic heterocycles. The van der Waals surface area contributed by atoms with E-state index in [-0.39, 0.29) is 11.8 Å². The molecule has 0 spiro atoms. The van der Waals surface area contributed by atoms with Crippen LogP contribution in [-0.2, 0) is 0 Å². The van der Waals surface area contributed by atoms with Crippen LogP contribution < -0.4 is 4.90 Å². The molecule has 3 rings (SSSR count). The molecule has 17 heavy (non-hydrogen) atoms. The van der Waals surface area contributed by atoms with Gasteiger partial charge in [-0.15, -0.1) is 11.3 Å². The first kappa shape index (κ1) is 10.5. The van der Waals surface area contributed by atoms with E-state index in [9.17, 15) is 9.59 Å². The summed E-state index contributed by atoms with van der Waals surface area (Å²) >= 11 is 7.06. The van der Waals surface area contributed by atoms with Crippen LogP contribution in [0.25, 0.3) is 0 Å². The standard InChI is InChI=1S/C12H6ClNO2S/c13-7-1-3-8(4-2-7)14-11(15)9-5-6-17-10(9)12(14)16/h1-6H. The Morgan fingerprint density at radius 3 is 2.35 bits per heavy atom. The fourth-order valence-corrected chi connectivity index (χ4v) is 2.72. The lowest BCUT2D eigenvalue weighted by atomic mass is 10.3. The molecule has 0 saturated heterocycles. The summed E-state index contributed by atoms with van der Waals surface area (Å²) in [6, 6.07) is 8.31. The highest BCUT2D eigenvalue weighted by Gasteiger charge is 2.37. The molecule has 0 aliphatic carbocycles. The second-order valence-corrected chi connectivity index (χ2v) is 4.94. The Balaban J connectivity index is 2.07. The number of hydrogen-bond acceptors (Lipinski definition) is 3. The topological polar surface area (TPSA) is 37.4 Å². The molecule has 2 heterocycles. The second kappa shape index (κ2) is 3.68. The summed E-state index contributed by atoms with van der Waals surface area (Å²) in [4.78, 5) is 25.8. The summed E-state index contributed by atoms with van der Waals surface area (Å²) in [5.41, 5.74) is 1.03. The summed E-state index contributed by atoms with van der Waals surface area (Å²) in [6.07, 6.45) is 0. The molecule has 1 aliphatic rings. The first-order chi connectivity index (χ1) is 8.18. The quantitative estimate of drug-likeness (QED) is 0.741. The van der Waals surface area contributed by atoms with Gasteiger partial charge >= 0.3 is 0 Å². The number of fused-ring (bicyclic) bond motifs is 1. The summed E-state index contributed by atoms with van der Waals surface area (Å²) < 4.78 is 0. The number of halogens is 1. The molecular formula is C12H6ClNO2S. The van der Waals surface area contributed by atoms with Gasteiger partial charge in [0.25, 0.3) is 11.8 Å². The number of carbonyl (C=O) groups excluding carboxylic acids is 2. The maximum Gasteiger partial charge on any atom is 0.276 e. The molecule has 0 atom stereocenters. The van der Waals surface area contributed by atoms with Crippen molar-refractivity contribution in [2.45, 2.75) is 0 Å². The number of benzene rings is 1. The normalized spacial score (nSPS) is 14.3. The Morgan fingerprint density at radius 1 is 1.00 bits per heavy atom. The predicted molar refractivity (Wildman–Crippen MR) is 66.9 cm³/mol. The number of carbonyl (C=O) groups is 2. The second-order valence-electron chi connectivity index (χ2n) is 3.59. The maximum atomic E-state index is 12.0. The van der Waals surface area contributed by atoms with E-state index in [0.717, 1.165) is 0 Å². The fraction of sp³-hybridized carbons (Fsp3) is 0. The average molecular weight is 264 g/mol.